The maximum atomic E-state index is 12.9. The van der Waals surface area contributed by atoms with Gasteiger partial charge in [0.05, 0.1) is 11.5 Å². The Balaban J connectivity index is 2.27. The van der Waals surface area contributed by atoms with Crippen molar-refractivity contribution in [3.63, 3.8) is 0 Å². The Morgan fingerprint density at radius 1 is 1.10 bits per heavy atom. The van der Waals surface area contributed by atoms with Crippen LogP contribution >= 0.6 is 0 Å². The van der Waals surface area contributed by atoms with E-state index >= 15 is 0 Å². The number of ether oxygens (including phenoxy) is 1. The lowest BCUT2D eigenvalue weighted by Crippen LogP contribution is -2.35. The average Bonchev–Trinajstić information content (AvgIpc) is 3.07. The third-order valence-corrected chi connectivity index (χ3v) is 6.20. The number of carbonyl (C=O) groups is 3. The van der Waals surface area contributed by atoms with Gasteiger partial charge in [-0.2, -0.15) is 0 Å². The molecule has 2 rings (SSSR count). The minimum Gasteiger partial charge on any atom is -0.465 e. The SMILES string of the molecule is CCOC(=O)CNC(=O)CS(=O)(=O)c1cn(CC(=O)N(CC)CC)c2ccccc12. The highest BCUT2D eigenvalue weighted by Crippen LogP contribution is 2.26. The normalized spacial score (nSPS) is 11.3. The molecule has 0 aliphatic rings. The van der Waals surface area contributed by atoms with Crippen molar-refractivity contribution in [2.45, 2.75) is 32.2 Å². The number of nitrogens with one attached hydrogen (secondary N) is 1. The Bertz CT molecular complexity index is 1020. The summed E-state index contributed by atoms with van der Waals surface area (Å²) in [6.07, 6.45) is 1.39. The van der Waals surface area contributed by atoms with Gasteiger partial charge in [-0.05, 0) is 26.8 Å². The zero-order valence-electron chi connectivity index (χ0n) is 17.4. The Hall–Kier alpha value is -2.88. The lowest BCUT2D eigenvalue weighted by molar-refractivity contribution is -0.143. The van der Waals surface area contributed by atoms with Crippen molar-refractivity contribution in [1.82, 2.24) is 14.8 Å². The third kappa shape index (κ3) is 5.59. The highest BCUT2D eigenvalue weighted by atomic mass is 32.2. The second-order valence-electron chi connectivity index (χ2n) is 6.55. The van der Waals surface area contributed by atoms with E-state index in [0.29, 0.717) is 24.0 Å². The highest BCUT2D eigenvalue weighted by molar-refractivity contribution is 7.92. The monoisotopic (exact) mass is 437 g/mol. The fourth-order valence-electron chi connectivity index (χ4n) is 3.10. The number of amides is 2. The van der Waals surface area contributed by atoms with Gasteiger partial charge in [-0.1, -0.05) is 18.2 Å². The molecule has 0 fully saturated rings. The summed E-state index contributed by atoms with van der Waals surface area (Å²) in [5, 5.41) is 2.68. The molecule has 0 saturated carbocycles. The highest BCUT2D eigenvalue weighted by Gasteiger charge is 2.25. The van der Waals surface area contributed by atoms with Gasteiger partial charge in [-0.3, -0.25) is 14.4 Å². The number of nitrogens with zero attached hydrogens (tertiary/aromatic N) is 2. The second kappa shape index (κ2) is 10.2. The molecule has 164 valence electrons. The van der Waals surface area contributed by atoms with Crippen molar-refractivity contribution in [2.24, 2.45) is 0 Å². The Morgan fingerprint density at radius 3 is 2.40 bits per heavy atom. The van der Waals surface area contributed by atoms with E-state index in [0.717, 1.165) is 0 Å². The molecule has 0 spiro atoms. The van der Waals surface area contributed by atoms with E-state index in [2.05, 4.69) is 5.32 Å². The molecule has 30 heavy (non-hydrogen) atoms. The van der Waals surface area contributed by atoms with Gasteiger partial charge in [0.25, 0.3) is 0 Å². The summed E-state index contributed by atoms with van der Waals surface area (Å²) < 4.78 is 32.1. The molecule has 0 bridgehead atoms. The molecule has 1 aromatic heterocycles. The van der Waals surface area contributed by atoms with Crippen molar-refractivity contribution >= 4 is 38.5 Å². The molecule has 2 amide bonds. The molecule has 1 aromatic carbocycles. The molecule has 1 heterocycles. The Labute approximate surface area is 175 Å². The predicted octanol–water partition coefficient (Wildman–Crippen LogP) is 0.963. The molecule has 1 N–H and O–H groups in total. The number of sulfone groups is 1. The number of hydrogen-bond donors (Lipinski definition) is 1. The molecule has 0 unspecified atom stereocenters. The third-order valence-electron chi connectivity index (χ3n) is 4.57. The average molecular weight is 438 g/mol. The molecule has 10 heteroatoms. The van der Waals surface area contributed by atoms with Gasteiger partial charge in [-0.25, -0.2) is 8.42 Å². The summed E-state index contributed by atoms with van der Waals surface area (Å²) in [6, 6.07) is 6.81. The number of likely N-dealkylation sites (N-methyl/N-ethyl adjacent to an activating group) is 1. The van der Waals surface area contributed by atoms with Gasteiger partial charge in [0.1, 0.15) is 18.8 Å². The van der Waals surface area contributed by atoms with Crippen LogP contribution in [0.5, 0.6) is 0 Å². The number of hydrogen-bond acceptors (Lipinski definition) is 6. The molecular weight excluding hydrogens is 410 g/mol. The molecule has 0 saturated heterocycles. The van der Waals surface area contributed by atoms with Crippen LogP contribution in [-0.4, -0.2) is 67.7 Å². The summed E-state index contributed by atoms with van der Waals surface area (Å²) in [7, 11) is -4.00. The lowest BCUT2D eigenvalue weighted by Gasteiger charge is -2.19. The maximum Gasteiger partial charge on any atom is 0.325 e. The first-order valence-corrected chi connectivity index (χ1v) is 11.4. The van der Waals surface area contributed by atoms with Gasteiger partial charge < -0.3 is 19.5 Å². The number of aromatic nitrogens is 1. The van der Waals surface area contributed by atoms with Crippen LogP contribution < -0.4 is 5.32 Å². The smallest absolute Gasteiger partial charge is 0.325 e. The van der Waals surface area contributed by atoms with E-state index in [1.165, 1.54) is 6.20 Å². The summed E-state index contributed by atoms with van der Waals surface area (Å²) in [6.45, 7) is 6.25. The van der Waals surface area contributed by atoms with Crippen molar-refractivity contribution in [1.29, 1.82) is 0 Å². The van der Waals surface area contributed by atoms with Crippen molar-refractivity contribution in [2.75, 3.05) is 32.0 Å². The van der Waals surface area contributed by atoms with E-state index in [-0.39, 0.29) is 24.0 Å². The predicted molar refractivity (Wildman–Crippen MR) is 112 cm³/mol. The zero-order chi connectivity index (χ0) is 22.3. The Morgan fingerprint density at radius 2 is 1.77 bits per heavy atom. The molecule has 0 atom stereocenters. The standard InChI is InChI=1S/C20H27N3O6S/c1-4-22(5-2)19(25)13-23-12-17(15-9-7-8-10-16(15)23)30(27,28)14-18(24)21-11-20(26)29-6-3/h7-10,12H,4-6,11,13-14H2,1-3H3,(H,21,24). The summed E-state index contributed by atoms with van der Waals surface area (Å²) in [5.74, 6) is -2.39. The van der Waals surface area contributed by atoms with E-state index in [4.69, 9.17) is 4.74 Å². The van der Waals surface area contributed by atoms with Gasteiger partial charge >= 0.3 is 5.97 Å². The van der Waals surface area contributed by atoms with E-state index in [9.17, 15) is 22.8 Å². The van der Waals surface area contributed by atoms with Crippen molar-refractivity contribution in [3.05, 3.63) is 30.5 Å². The van der Waals surface area contributed by atoms with E-state index in [1.54, 1.807) is 40.7 Å². The lowest BCUT2D eigenvalue weighted by atomic mass is 10.2. The summed E-state index contributed by atoms with van der Waals surface area (Å²) in [5.41, 5.74) is 0.587. The number of esters is 1. The summed E-state index contributed by atoms with van der Waals surface area (Å²) >= 11 is 0. The van der Waals surface area contributed by atoms with Gasteiger partial charge in [0.2, 0.25) is 11.8 Å². The molecule has 2 aromatic rings. The van der Waals surface area contributed by atoms with Crippen molar-refractivity contribution in [3.8, 4) is 0 Å². The molecule has 0 aliphatic heterocycles. The number of rotatable bonds is 10. The van der Waals surface area contributed by atoms with Crippen LogP contribution in [0.25, 0.3) is 10.9 Å². The topological polar surface area (TPSA) is 115 Å². The zero-order valence-corrected chi connectivity index (χ0v) is 18.2. The fourth-order valence-corrected chi connectivity index (χ4v) is 4.50. The number of carbonyl (C=O) groups excluding carboxylic acids is 3. The first kappa shape index (κ1) is 23.4. The fraction of sp³-hybridized carbons (Fsp3) is 0.450. The molecular formula is C20H27N3O6S. The first-order valence-electron chi connectivity index (χ1n) is 9.74. The number of para-hydroxylation sites is 1. The van der Waals surface area contributed by atoms with Gasteiger partial charge in [-0.15, -0.1) is 0 Å². The Kier molecular flexibility index (Phi) is 7.99. The van der Waals surface area contributed by atoms with Crippen LogP contribution in [0.2, 0.25) is 0 Å². The van der Waals surface area contributed by atoms with Gasteiger partial charge in [0, 0.05) is 30.2 Å². The van der Waals surface area contributed by atoms with Crippen LogP contribution in [-0.2, 0) is 35.5 Å². The van der Waals surface area contributed by atoms with Crippen LogP contribution in [0.15, 0.2) is 35.4 Å². The largest absolute Gasteiger partial charge is 0.465 e. The van der Waals surface area contributed by atoms with E-state index in [1.807, 2.05) is 13.8 Å². The minimum atomic E-state index is -4.00. The van der Waals surface area contributed by atoms with Gasteiger partial charge in [0.15, 0.2) is 9.84 Å². The van der Waals surface area contributed by atoms with Crippen molar-refractivity contribution < 1.29 is 27.5 Å². The number of fused-ring (bicyclic) bond motifs is 1. The minimum absolute atomic E-state index is 0.00717. The molecule has 0 aliphatic carbocycles. The van der Waals surface area contributed by atoms with E-state index < -0.39 is 34.0 Å². The number of benzene rings is 1. The molecule has 9 nitrogen and oxygen atoms in total. The van der Waals surface area contributed by atoms with Crippen LogP contribution in [0.3, 0.4) is 0 Å². The van der Waals surface area contributed by atoms with Crippen LogP contribution in [0.1, 0.15) is 20.8 Å². The maximum absolute atomic E-state index is 12.9. The summed E-state index contributed by atoms with van der Waals surface area (Å²) in [4.78, 5) is 37.5. The first-order chi connectivity index (χ1) is 14.2. The van der Waals surface area contributed by atoms with Crippen LogP contribution in [0.4, 0.5) is 0 Å². The quantitative estimate of drug-likeness (QED) is 0.554. The second-order valence-corrected chi connectivity index (χ2v) is 8.50. The van der Waals surface area contributed by atoms with Crippen LogP contribution in [0, 0.1) is 0 Å². The molecule has 0 radical (unpaired) electrons.